The molecule has 0 rings (SSSR count). The van der Waals surface area contributed by atoms with Crippen molar-refractivity contribution in [2.75, 3.05) is 6.54 Å². The van der Waals surface area contributed by atoms with Gasteiger partial charge in [-0.15, -0.1) is 0 Å². The van der Waals surface area contributed by atoms with Crippen LogP contribution in [0.25, 0.3) is 0 Å². The van der Waals surface area contributed by atoms with Crippen LogP contribution in [0.15, 0.2) is 0 Å². The number of rotatable bonds is 9. The molecule has 116 valence electrons. The fourth-order valence-electron chi connectivity index (χ4n) is 1.49. The van der Waals surface area contributed by atoms with Crippen molar-refractivity contribution in [2.24, 2.45) is 17.2 Å². The molecular formula is C12H25N5O3. The third-order valence-electron chi connectivity index (χ3n) is 2.77. The Morgan fingerprint density at radius 3 is 2.10 bits per heavy atom. The van der Waals surface area contributed by atoms with Crippen LogP contribution < -0.4 is 27.8 Å². The maximum atomic E-state index is 11.8. The number of amides is 3. The molecule has 8 nitrogen and oxygen atoms in total. The summed E-state index contributed by atoms with van der Waals surface area (Å²) in [6.45, 7) is 3.53. The summed E-state index contributed by atoms with van der Waals surface area (Å²) in [5.41, 5.74) is 16.0. The number of nitrogens with two attached hydrogens (primary N) is 3. The molecule has 20 heavy (non-hydrogen) atoms. The second-order valence-electron chi connectivity index (χ2n) is 4.77. The summed E-state index contributed by atoms with van der Waals surface area (Å²) in [7, 11) is 0. The number of nitrogens with one attached hydrogen (secondary N) is 2. The smallest absolute Gasteiger partial charge is 0.242 e. The number of hydrogen-bond acceptors (Lipinski definition) is 5. The number of carbonyl (C=O) groups is 3. The molecule has 0 aliphatic rings. The van der Waals surface area contributed by atoms with Crippen molar-refractivity contribution in [3.8, 4) is 0 Å². The van der Waals surface area contributed by atoms with Crippen LogP contribution in [-0.4, -0.2) is 42.4 Å². The van der Waals surface area contributed by atoms with Gasteiger partial charge in [-0.2, -0.15) is 0 Å². The predicted molar refractivity (Wildman–Crippen MR) is 75.3 cm³/mol. The van der Waals surface area contributed by atoms with Crippen LogP contribution in [0.1, 0.15) is 33.1 Å². The summed E-state index contributed by atoms with van der Waals surface area (Å²) in [4.78, 5) is 34.5. The van der Waals surface area contributed by atoms with E-state index >= 15 is 0 Å². The van der Waals surface area contributed by atoms with Crippen molar-refractivity contribution in [3.63, 3.8) is 0 Å². The minimum absolute atomic E-state index is 0.423. The number of primary amides is 1. The van der Waals surface area contributed by atoms with Gasteiger partial charge in [0.15, 0.2) is 0 Å². The Morgan fingerprint density at radius 1 is 1.05 bits per heavy atom. The highest BCUT2D eigenvalue weighted by molar-refractivity contribution is 5.92. The Labute approximate surface area is 118 Å². The molecule has 0 radical (unpaired) electrons. The lowest BCUT2D eigenvalue weighted by Gasteiger charge is -2.20. The molecule has 8 N–H and O–H groups in total. The first kappa shape index (κ1) is 18.3. The van der Waals surface area contributed by atoms with Crippen LogP contribution in [0.3, 0.4) is 0 Å². The highest BCUT2D eigenvalue weighted by atomic mass is 16.2. The van der Waals surface area contributed by atoms with Crippen molar-refractivity contribution in [1.29, 1.82) is 0 Å². The maximum Gasteiger partial charge on any atom is 0.242 e. The van der Waals surface area contributed by atoms with Crippen LogP contribution >= 0.6 is 0 Å². The summed E-state index contributed by atoms with van der Waals surface area (Å²) < 4.78 is 0. The summed E-state index contributed by atoms with van der Waals surface area (Å²) in [6, 6.07) is -2.25. The first-order chi connectivity index (χ1) is 9.29. The lowest BCUT2D eigenvalue weighted by molar-refractivity contribution is -0.131. The minimum atomic E-state index is -0.787. The lowest BCUT2D eigenvalue weighted by Crippen LogP contribution is -2.53. The van der Waals surface area contributed by atoms with E-state index in [1.807, 2.05) is 0 Å². The third-order valence-corrected chi connectivity index (χ3v) is 2.77. The average Bonchev–Trinajstić information content (AvgIpc) is 2.36. The van der Waals surface area contributed by atoms with Gasteiger partial charge in [0.1, 0.15) is 12.1 Å². The van der Waals surface area contributed by atoms with Gasteiger partial charge in [-0.25, -0.2) is 0 Å². The predicted octanol–water partition coefficient (Wildman–Crippen LogP) is -2.06. The van der Waals surface area contributed by atoms with Gasteiger partial charge in [-0.1, -0.05) is 0 Å². The van der Waals surface area contributed by atoms with E-state index in [-0.39, 0.29) is 0 Å². The minimum Gasteiger partial charge on any atom is -0.368 e. The normalized spacial score (nSPS) is 15.0. The standard InChI is InChI=1S/C12H25N5O3/c1-7(14)11(19)16-8(2)12(20)17-9(10(15)18)5-3-4-6-13/h7-9H,3-6,13-14H2,1-2H3,(H2,15,18)(H,16,19)(H,17,20)/t7-,8-,9+/m0/s1. The van der Waals surface area contributed by atoms with Gasteiger partial charge in [0.2, 0.25) is 17.7 Å². The van der Waals surface area contributed by atoms with Crippen molar-refractivity contribution < 1.29 is 14.4 Å². The topological polar surface area (TPSA) is 153 Å². The van der Waals surface area contributed by atoms with Crippen molar-refractivity contribution in [3.05, 3.63) is 0 Å². The van der Waals surface area contributed by atoms with E-state index in [1.165, 1.54) is 13.8 Å². The number of carbonyl (C=O) groups excluding carboxylic acids is 3. The zero-order chi connectivity index (χ0) is 15.7. The Hall–Kier alpha value is -1.67. The third kappa shape index (κ3) is 7.05. The van der Waals surface area contributed by atoms with Crippen molar-refractivity contribution in [2.45, 2.75) is 51.2 Å². The summed E-state index contributed by atoms with van der Waals surface area (Å²) in [6.07, 6.45) is 1.85. The van der Waals surface area contributed by atoms with Crippen LogP contribution in [0.5, 0.6) is 0 Å². The molecule has 0 heterocycles. The average molecular weight is 287 g/mol. The molecule has 0 aliphatic carbocycles. The molecule has 0 unspecified atom stereocenters. The molecule has 0 saturated heterocycles. The van der Waals surface area contributed by atoms with Crippen molar-refractivity contribution in [1.82, 2.24) is 10.6 Å². The SMILES string of the molecule is C[C@H](N)C(=O)N[C@@H](C)C(=O)N[C@H](CCCCN)C(N)=O. The molecule has 0 aromatic carbocycles. The van der Waals surface area contributed by atoms with Crippen LogP contribution in [0, 0.1) is 0 Å². The van der Waals surface area contributed by atoms with E-state index in [9.17, 15) is 14.4 Å². The van der Waals surface area contributed by atoms with E-state index in [1.54, 1.807) is 0 Å². The summed E-state index contributed by atoms with van der Waals surface area (Å²) >= 11 is 0. The van der Waals surface area contributed by atoms with E-state index < -0.39 is 35.8 Å². The Kier molecular flexibility index (Phi) is 8.49. The molecule has 3 atom stereocenters. The molecule has 0 bridgehead atoms. The molecule has 0 saturated carbocycles. The number of hydrogen-bond donors (Lipinski definition) is 5. The van der Waals surface area contributed by atoms with Crippen LogP contribution in [0.4, 0.5) is 0 Å². The molecular weight excluding hydrogens is 262 g/mol. The zero-order valence-electron chi connectivity index (χ0n) is 12.0. The monoisotopic (exact) mass is 287 g/mol. The van der Waals surface area contributed by atoms with E-state index in [4.69, 9.17) is 17.2 Å². The Morgan fingerprint density at radius 2 is 1.65 bits per heavy atom. The Balaban J connectivity index is 4.37. The van der Waals surface area contributed by atoms with Gasteiger partial charge in [0.05, 0.1) is 6.04 Å². The second-order valence-corrected chi connectivity index (χ2v) is 4.77. The van der Waals surface area contributed by atoms with Crippen LogP contribution in [-0.2, 0) is 14.4 Å². The zero-order valence-corrected chi connectivity index (χ0v) is 12.0. The largest absolute Gasteiger partial charge is 0.368 e. The first-order valence-electron chi connectivity index (χ1n) is 6.65. The van der Waals surface area contributed by atoms with E-state index in [0.717, 1.165) is 6.42 Å². The lowest BCUT2D eigenvalue weighted by atomic mass is 10.1. The highest BCUT2D eigenvalue weighted by Gasteiger charge is 2.22. The van der Waals surface area contributed by atoms with E-state index in [0.29, 0.717) is 19.4 Å². The summed E-state index contributed by atoms with van der Waals surface area (Å²) in [5, 5.41) is 4.95. The molecule has 0 aromatic heterocycles. The quantitative estimate of drug-likeness (QED) is 0.308. The van der Waals surface area contributed by atoms with Gasteiger partial charge in [-0.3, -0.25) is 14.4 Å². The van der Waals surface area contributed by atoms with Crippen molar-refractivity contribution >= 4 is 17.7 Å². The fraction of sp³-hybridized carbons (Fsp3) is 0.750. The maximum absolute atomic E-state index is 11.8. The molecule has 0 fully saturated rings. The van der Waals surface area contributed by atoms with Gasteiger partial charge in [0, 0.05) is 0 Å². The summed E-state index contributed by atoms with van der Waals surface area (Å²) in [5.74, 6) is -1.52. The highest BCUT2D eigenvalue weighted by Crippen LogP contribution is 2.00. The number of unbranched alkanes of at least 4 members (excludes halogenated alkanes) is 1. The van der Waals surface area contributed by atoms with Crippen LogP contribution in [0.2, 0.25) is 0 Å². The molecule has 0 aromatic rings. The molecule has 0 spiro atoms. The molecule has 8 heteroatoms. The Bertz CT molecular complexity index is 346. The van der Waals surface area contributed by atoms with E-state index in [2.05, 4.69) is 10.6 Å². The molecule has 0 aliphatic heterocycles. The first-order valence-corrected chi connectivity index (χ1v) is 6.65. The van der Waals surface area contributed by atoms with Gasteiger partial charge >= 0.3 is 0 Å². The molecule has 3 amide bonds. The van der Waals surface area contributed by atoms with Gasteiger partial charge in [-0.05, 0) is 39.7 Å². The van der Waals surface area contributed by atoms with Gasteiger partial charge < -0.3 is 27.8 Å². The van der Waals surface area contributed by atoms with Gasteiger partial charge in [0.25, 0.3) is 0 Å². The second kappa shape index (κ2) is 9.27. The fourth-order valence-corrected chi connectivity index (χ4v) is 1.49.